The Morgan fingerprint density at radius 3 is 3.12 bits per heavy atom. The van der Waals surface area contributed by atoms with Gasteiger partial charge in [0.25, 0.3) is 5.91 Å². The topological polar surface area (TPSA) is 82.2 Å². The molecule has 25 heavy (non-hydrogen) atoms. The summed E-state index contributed by atoms with van der Waals surface area (Å²) in [4.78, 5) is 18.0. The smallest absolute Gasteiger partial charge is 0.288 e. The molecule has 0 spiro atoms. The zero-order valence-corrected chi connectivity index (χ0v) is 14.1. The molecule has 1 unspecified atom stereocenters. The van der Waals surface area contributed by atoms with E-state index >= 15 is 0 Å². The molecule has 1 atom stereocenters. The number of likely N-dealkylation sites (tertiary alicyclic amines) is 1. The second-order valence-corrected chi connectivity index (χ2v) is 6.42. The third-order valence-corrected chi connectivity index (χ3v) is 4.63. The van der Waals surface area contributed by atoms with Gasteiger partial charge in [-0.2, -0.15) is 5.26 Å². The molecule has 1 N–H and O–H groups in total. The molecule has 3 rings (SSSR count). The van der Waals surface area contributed by atoms with Crippen molar-refractivity contribution in [3.8, 4) is 6.07 Å². The lowest BCUT2D eigenvalue weighted by Gasteiger charge is -2.33. The highest BCUT2D eigenvalue weighted by atomic mass is 16.3. The van der Waals surface area contributed by atoms with Gasteiger partial charge in [-0.15, -0.1) is 0 Å². The van der Waals surface area contributed by atoms with E-state index in [1.807, 2.05) is 24.3 Å². The molecular formula is C19H22N4O2. The predicted molar refractivity (Wildman–Crippen MR) is 92.6 cm³/mol. The lowest BCUT2D eigenvalue weighted by molar-refractivity contribution is 0.0918. The van der Waals surface area contributed by atoms with Crippen molar-refractivity contribution in [2.45, 2.75) is 25.8 Å². The molecule has 1 aliphatic heterocycles. The van der Waals surface area contributed by atoms with Gasteiger partial charge in [0.1, 0.15) is 0 Å². The van der Waals surface area contributed by atoms with Crippen LogP contribution in [0.5, 0.6) is 0 Å². The number of hydrogen-bond acceptors (Lipinski definition) is 5. The van der Waals surface area contributed by atoms with Crippen LogP contribution < -0.4 is 5.32 Å². The van der Waals surface area contributed by atoms with Crippen LogP contribution in [-0.4, -0.2) is 35.4 Å². The zero-order chi connectivity index (χ0) is 17.5. The highest BCUT2D eigenvalue weighted by molar-refractivity contribution is 5.90. The number of benzene rings is 1. The van der Waals surface area contributed by atoms with Crippen molar-refractivity contribution in [2.75, 3.05) is 19.6 Å². The molecule has 1 aromatic heterocycles. The molecule has 0 aliphatic carbocycles. The van der Waals surface area contributed by atoms with Gasteiger partial charge in [-0.05, 0) is 43.4 Å². The standard InChI is InChI=1S/C19H22N4O2/c20-10-16-5-1-2-6-17(16)13-23-9-3-4-15(12-23)7-8-22-19(24)18-11-21-14-25-18/h1-2,5-6,11,14-15H,3-4,7-9,12-13H2,(H,22,24). The van der Waals surface area contributed by atoms with Gasteiger partial charge < -0.3 is 9.73 Å². The minimum atomic E-state index is -0.215. The van der Waals surface area contributed by atoms with Crippen molar-refractivity contribution in [2.24, 2.45) is 5.92 Å². The highest BCUT2D eigenvalue weighted by Gasteiger charge is 2.21. The summed E-state index contributed by atoms with van der Waals surface area (Å²) in [6, 6.07) is 10.1. The number of carbonyl (C=O) groups excluding carboxylic acids is 1. The molecule has 1 amide bonds. The summed E-state index contributed by atoms with van der Waals surface area (Å²) in [6.07, 6.45) is 5.94. The van der Waals surface area contributed by atoms with Crippen LogP contribution in [-0.2, 0) is 6.54 Å². The van der Waals surface area contributed by atoms with Crippen molar-refractivity contribution >= 4 is 5.91 Å². The van der Waals surface area contributed by atoms with E-state index in [0.717, 1.165) is 43.6 Å². The van der Waals surface area contributed by atoms with Crippen molar-refractivity contribution < 1.29 is 9.21 Å². The largest absolute Gasteiger partial charge is 0.438 e. The van der Waals surface area contributed by atoms with Gasteiger partial charge in [-0.1, -0.05) is 18.2 Å². The number of nitrogens with zero attached hydrogens (tertiary/aromatic N) is 3. The molecule has 130 valence electrons. The summed E-state index contributed by atoms with van der Waals surface area (Å²) in [5.41, 5.74) is 1.84. The summed E-state index contributed by atoms with van der Waals surface area (Å²) >= 11 is 0. The van der Waals surface area contributed by atoms with Crippen LogP contribution in [0.2, 0.25) is 0 Å². The fourth-order valence-electron chi connectivity index (χ4n) is 3.34. The molecule has 6 nitrogen and oxygen atoms in total. The fraction of sp³-hybridized carbons (Fsp3) is 0.421. The van der Waals surface area contributed by atoms with Crippen LogP contribution in [0.25, 0.3) is 0 Å². The number of amides is 1. The molecule has 0 radical (unpaired) electrons. The first-order valence-electron chi connectivity index (χ1n) is 8.63. The number of nitriles is 1. The average molecular weight is 338 g/mol. The molecule has 2 heterocycles. The summed E-state index contributed by atoms with van der Waals surface area (Å²) in [7, 11) is 0. The number of hydrogen-bond donors (Lipinski definition) is 1. The van der Waals surface area contributed by atoms with E-state index in [4.69, 9.17) is 4.42 Å². The number of nitrogens with one attached hydrogen (secondary N) is 1. The Bertz CT molecular complexity index is 736. The first kappa shape index (κ1) is 17.2. The third-order valence-electron chi connectivity index (χ3n) is 4.63. The quantitative estimate of drug-likeness (QED) is 0.875. The normalized spacial score (nSPS) is 17.8. The van der Waals surface area contributed by atoms with Gasteiger partial charge in [0.2, 0.25) is 5.76 Å². The maximum atomic E-state index is 11.8. The molecule has 6 heteroatoms. The molecule has 1 aliphatic rings. The van der Waals surface area contributed by atoms with Crippen molar-refractivity contribution in [1.29, 1.82) is 5.26 Å². The second-order valence-electron chi connectivity index (χ2n) is 6.42. The summed E-state index contributed by atoms with van der Waals surface area (Å²) in [5.74, 6) is 0.588. The van der Waals surface area contributed by atoms with Crippen LogP contribution in [0.15, 0.2) is 41.3 Å². The Morgan fingerprint density at radius 2 is 2.32 bits per heavy atom. The molecule has 1 aromatic carbocycles. The first-order chi connectivity index (χ1) is 12.3. The van der Waals surface area contributed by atoms with E-state index in [9.17, 15) is 10.1 Å². The maximum Gasteiger partial charge on any atom is 0.288 e. The van der Waals surface area contributed by atoms with Crippen LogP contribution in [0.4, 0.5) is 0 Å². The third kappa shape index (κ3) is 4.68. The second kappa shape index (κ2) is 8.45. The van der Waals surface area contributed by atoms with Crippen LogP contribution in [0, 0.1) is 17.2 Å². The zero-order valence-electron chi connectivity index (χ0n) is 14.1. The molecular weight excluding hydrogens is 316 g/mol. The lowest BCUT2D eigenvalue weighted by atomic mass is 9.94. The first-order valence-corrected chi connectivity index (χ1v) is 8.63. The summed E-state index contributed by atoms with van der Waals surface area (Å²) in [5, 5.41) is 12.1. The highest BCUT2D eigenvalue weighted by Crippen LogP contribution is 2.22. The Kier molecular flexibility index (Phi) is 5.81. The van der Waals surface area contributed by atoms with Gasteiger partial charge in [-0.3, -0.25) is 9.69 Å². The van der Waals surface area contributed by atoms with Gasteiger partial charge in [0.15, 0.2) is 6.39 Å². The summed E-state index contributed by atoms with van der Waals surface area (Å²) < 4.78 is 4.99. The van der Waals surface area contributed by atoms with Gasteiger partial charge in [0, 0.05) is 19.6 Å². The van der Waals surface area contributed by atoms with Crippen LogP contribution in [0.3, 0.4) is 0 Å². The van der Waals surface area contributed by atoms with Crippen LogP contribution >= 0.6 is 0 Å². The molecule has 0 saturated carbocycles. The van der Waals surface area contributed by atoms with Gasteiger partial charge >= 0.3 is 0 Å². The van der Waals surface area contributed by atoms with Crippen molar-refractivity contribution in [1.82, 2.24) is 15.2 Å². The van der Waals surface area contributed by atoms with E-state index in [0.29, 0.717) is 12.5 Å². The van der Waals surface area contributed by atoms with Crippen molar-refractivity contribution in [3.63, 3.8) is 0 Å². The Morgan fingerprint density at radius 1 is 1.44 bits per heavy atom. The van der Waals surface area contributed by atoms with E-state index in [-0.39, 0.29) is 11.7 Å². The number of carbonyl (C=O) groups is 1. The minimum absolute atomic E-state index is 0.215. The van der Waals surface area contributed by atoms with E-state index in [1.54, 1.807) is 0 Å². The molecule has 0 bridgehead atoms. The maximum absolute atomic E-state index is 11.8. The fourth-order valence-corrected chi connectivity index (χ4v) is 3.34. The number of aromatic nitrogens is 1. The van der Waals surface area contributed by atoms with E-state index < -0.39 is 0 Å². The SMILES string of the molecule is N#Cc1ccccc1CN1CCCC(CCNC(=O)c2cnco2)C1. The van der Waals surface area contributed by atoms with E-state index in [1.165, 1.54) is 19.0 Å². The lowest BCUT2D eigenvalue weighted by Crippen LogP contribution is -2.36. The van der Waals surface area contributed by atoms with Crippen molar-refractivity contribution in [3.05, 3.63) is 53.7 Å². The van der Waals surface area contributed by atoms with E-state index in [2.05, 4.69) is 21.3 Å². The molecule has 1 saturated heterocycles. The minimum Gasteiger partial charge on any atom is -0.438 e. The molecule has 2 aromatic rings. The monoisotopic (exact) mass is 338 g/mol. The Hall–Kier alpha value is -2.65. The Labute approximate surface area is 147 Å². The Balaban J connectivity index is 1.46. The van der Waals surface area contributed by atoms with Crippen LogP contribution in [0.1, 0.15) is 40.9 Å². The summed E-state index contributed by atoms with van der Waals surface area (Å²) in [6.45, 7) is 3.50. The number of oxazole rings is 1. The number of piperidine rings is 1. The predicted octanol–water partition coefficient (Wildman–Crippen LogP) is 2.58. The van der Waals surface area contributed by atoms with Gasteiger partial charge in [0.05, 0.1) is 17.8 Å². The number of rotatable bonds is 6. The molecule has 1 fully saturated rings. The van der Waals surface area contributed by atoms with Gasteiger partial charge in [-0.25, -0.2) is 4.98 Å². The average Bonchev–Trinajstić information content (AvgIpc) is 3.17.